The fourth-order valence-corrected chi connectivity index (χ4v) is 4.60. The summed E-state index contributed by atoms with van der Waals surface area (Å²) in [6.45, 7) is 2.26. The quantitative estimate of drug-likeness (QED) is 0.741. The van der Waals surface area contributed by atoms with E-state index in [2.05, 4.69) is 4.72 Å². The van der Waals surface area contributed by atoms with E-state index in [4.69, 9.17) is 9.47 Å². The molecule has 1 amide bonds. The molecule has 8 heteroatoms. The average Bonchev–Trinajstić information content (AvgIpc) is 3.12. The molecule has 0 spiro atoms. The van der Waals surface area contributed by atoms with Crippen LogP contribution in [0, 0.1) is 0 Å². The minimum Gasteiger partial charge on any atom is -0.495 e. The molecule has 7 nitrogen and oxygen atoms in total. The lowest BCUT2D eigenvalue weighted by Crippen LogP contribution is -2.38. The van der Waals surface area contributed by atoms with Crippen LogP contribution in [-0.4, -0.2) is 59.2 Å². The number of carbonyl (C=O) groups is 1. The molecule has 0 saturated heterocycles. The summed E-state index contributed by atoms with van der Waals surface area (Å²) in [5.41, 5.74) is 0.294. The molecule has 0 heterocycles. The second-order valence-electron chi connectivity index (χ2n) is 6.69. The van der Waals surface area contributed by atoms with Crippen LogP contribution >= 0.6 is 0 Å². The topological polar surface area (TPSA) is 84.9 Å². The molecule has 1 aromatic rings. The van der Waals surface area contributed by atoms with Crippen molar-refractivity contribution in [2.24, 2.45) is 0 Å². The lowest BCUT2D eigenvalue weighted by atomic mass is 10.1. The van der Waals surface area contributed by atoms with Gasteiger partial charge < -0.3 is 14.4 Å². The highest BCUT2D eigenvalue weighted by Gasteiger charge is 2.27. The normalized spacial score (nSPS) is 16.5. The molecule has 2 rings (SSSR count). The number of likely N-dealkylation sites (N-methyl/N-ethyl adjacent to an activating group) is 1. The monoisotopic (exact) mass is 384 g/mol. The van der Waals surface area contributed by atoms with Gasteiger partial charge in [0.1, 0.15) is 10.6 Å². The molecule has 0 unspecified atom stereocenters. The molecule has 0 bridgehead atoms. The van der Waals surface area contributed by atoms with Crippen molar-refractivity contribution in [3.8, 4) is 5.75 Å². The first kappa shape index (κ1) is 20.7. The molecule has 1 aliphatic carbocycles. The van der Waals surface area contributed by atoms with Gasteiger partial charge in [-0.3, -0.25) is 4.79 Å². The number of amides is 1. The average molecular weight is 384 g/mol. The van der Waals surface area contributed by atoms with Gasteiger partial charge in [-0.25, -0.2) is 13.1 Å². The molecule has 0 aliphatic heterocycles. The van der Waals surface area contributed by atoms with E-state index in [9.17, 15) is 13.2 Å². The Hall–Kier alpha value is -1.64. The minimum atomic E-state index is -3.77. The summed E-state index contributed by atoms with van der Waals surface area (Å²) in [4.78, 5) is 14.2. The number of carbonyl (C=O) groups excluding carboxylic acids is 1. The van der Waals surface area contributed by atoms with Crippen LogP contribution in [0.4, 0.5) is 0 Å². The molecule has 26 heavy (non-hydrogen) atoms. The summed E-state index contributed by atoms with van der Waals surface area (Å²) < 4.78 is 38.7. The summed E-state index contributed by atoms with van der Waals surface area (Å²) in [5.74, 6) is -0.0471. The largest absolute Gasteiger partial charge is 0.495 e. The van der Waals surface area contributed by atoms with Crippen LogP contribution in [0.3, 0.4) is 0 Å². The standard InChI is InChI=1S/C18H28N2O5S/c1-13(12-24-3)20(2)18(21)14-9-10-16(25-4)17(11-14)26(22,23)19-15-7-5-6-8-15/h9-11,13,15,19H,5-8,12H2,1-4H3/t13-/m1/s1. The minimum absolute atomic E-state index is 0.00876. The maximum absolute atomic E-state index is 12.8. The first-order valence-electron chi connectivity index (χ1n) is 8.76. The zero-order valence-electron chi connectivity index (χ0n) is 15.8. The number of nitrogens with zero attached hydrogens (tertiary/aromatic N) is 1. The van der Waals surface area contributed by atoms with Gasteiger partial charge in [0.05, 0.1) is 19.8 Å². The van der Waals surface area contributed by atoms with Crippen molar-refractivity contribution in [1.29, 1.82) is 0 Å². The third-order valence-corrected chi connectivity index (χ3v) is 6.31. The summed E-state index contributed by atoms with van der Waals surface area (Å²) in [6, 6.07) is 4.28. The van der Waals surface area contributed by atoms with Gasteiger partial charge in [0, 0.05) is 25.8 Å². The zero-order chi connectivity index (χ0) is 19.3. The van der Waals surface area contributed by atoms with Crippen molar-refractivity contribution < 1.29 is 22.7 Å². The maximum Gasteiger partial charge on any atom is 0.253 e. The van der Waals surface area contributed by atoms with Crippen molar-refractivity contribution in [2.45, 2.75) is 49.6 Å². The molecular weight excluding hydrogens is 356 g/mol. The van der Waals surface area contributed by atoms with E-state index < -0.39 is 10.0 Å². The van der Waals surface area contributed by atoms with Crippen LogP contribution in [0.15, 0.2) is 23.1 Å². The number of nitrogens with one attached hydrogen (secondary N) is 1. The summed E-state index contributed by atoms with van der Waals surface area (Å²) in [7, 11) is 0.885. The summed E-state index contributed by atoms with van der Waals surface area (Å²) in [6.07, 6.45) is 3.70. The number of methoxy groups -OCH3 is 2. The SMILES string of the molecule is COC[C@@H](C)N(C)C(=O)c1ccc(OC)c(S(=O)(=O)NC2CCCC2)c1. The third-order valence-electron chi connectivity index (χ3n) is 4.77. The highest BCUT2D eigenvalue weighted by Crippen LogP contribution is 2.27. The van der Waals surface area contributed by atoms with Crippen molar-refractivity contribution in [3.63, 3.8) is 0 Å². The van der Waals surface area contributed by atoms with Gasteiger partial charge in [-0.05, 0) is 38.0 Å². The fraction of sp³-hybridized carbons (Fsp3) is 0.611. The van der Waals surface area contributed by atoms with E-state index in [-0.39, 0.29) is 28.6 Å². The van der Waals surface area contributed by atoms with Crippen LogP contribution in [0.5, 0.6) is 5.75 Å². The molecule has 1 aromatic carbocycles. The van der Waals surface area contributed by atoms with E-state index in [0.717, 1.165) is 25.7 Å². The van der Waals surface area contributed by atoms with Crippen molar-refractivity contribution >= 4 is 15.9 Å². The molecular formula is C18H28N2O5S. The molecule has 1 atom stereocenters. The Balaban J connectivity index is 2.31. The van der Waals surface area contributed by atoms with Crippen molar-refractivity contribution in [1.82, 2.24) is 9.62 Å². The van der Waals surface area contributed by atoms with E-state index in [1.807, 2.05) is 6.92 Å². The Morgan fingerprint density at radius 1 is 1.31 bits per heavy atom. The predicted molar refractivity (Wildman–Crippen MR) is 99.0 cm³/mol. The third kappa shape index (κ3) is 4.75. The lowest BCUT2D eigenvalue weighted by Gasteiger charge is -2.24. The number of rotatable bonds is 8. The Bertz CT molecular complexity index is 729. The fourth-order valence-electron chi connectivity index (χ4n) is 3.10. The van der Waals surface area contributed by atoms with Gasteiger partial charge in [-0.1, -0.05) is 12.8 Å². The predicted octanol–water partition coefficient (Wildman–Crippen LogP) is 2.02. The molecule has 1 N–H and O–H groups in total. The first-order valence-corrected chi connectivity index (χ1v) is 10.2. The second-order valence-corrected chi connectivity index (χ2v) is 8.37. The zero-order valence-corrected chi connectivity index (χ0v) is 16.6. The molecule has 1 aliphatic rings. The van der Waals surface area contributed by atoms with Crippen LogP contribution < -0.4 is 9.46 Å². The van der Waals surface area contributed by atoms with E-state index >= 15 is 0 Å². The van der Waals surface area contributed by atoms with Gasteiger partial charge in [0.15, 0.2) is 0 Å². The van der Waals surface area contributed by atoms with E-state index in [1.165, 1.54) is 24.1 Å². The molecule has 0 radical (unpaired) electrons. The first-order chi connectivity index (χ1) is 12.3. The smallest absolute Gasteiger partial charge is 0.253 e. The van der Waals surface area contributed by atoms with Gasteiger partial charge in [0.25, 0.3) is 5.91 Å². The lowest BCUT2D eigenvalue weighted by molar-refractivity contribution is 0.0633. The Morgan fingerprint density at radius 2 is 1.96 bits per heavy atom. The molecule has 1 fully saturated rings. The van der Waals surface area contributed by atoms with Crippen LogP contribution in [0.25, 0.3) is 0 Å². The highest BCUT2D eigenvalue weighted by molar-refractivity contribution is 7.89. The van der Waals surface area contributed by atoms with Gasteiger partial charge >= 0.3 is 0 Å². The van der Waals surface area contributed by atoms with Crippen LogP contribution in [0.2, 0.25) is 0 Å². The molecule has 1 saturated carbocycles. The Kier molecular flexibility index (Phi) is 7.02. The van der Waals surface area contributed by atoms with E-state index in [0.29, 0.717) is 12.2 Å². The molecule has 146 valence electrons. The number of hydrogen-bond acceptors (Lipinski definition) is 5. The van der Waals surface area contributed by atoms with Crippen molar-refractivity contribution in [3.05, 3.63) is 23.8 Å². The van der Waals surface area contributed by atoms with E-state index in [1.54, 1.807) is 20.2 Å². The number of sulfonamides is 1. The van der Waals surface area contributed by atoms with Crippen LogP contribution in [0.1, 0.15) is 43.0 Å². The van der Waals surface area contributed by atoms with Gasteiger partial charge in [-0.15, -0.1) is 0 Å². The van der Waals surface area contributed by atoms with Gasteiger partial charge in [-0.2, -0.15) is 0 Å². The van der Waals surface area contributed by atoms with Gasteiger partial charge in [0.2, 0.25) is 10.0 Å². The van der Waals surface area contributed by atoms with Crippen molar-refractivity contribution in [2.75, 3.05) is 27.9 Å². The summed E-state index contributed by atoms with van der Waals surface area (Å²) in [5, 5.41) is 0. The number of ether oxygens (including phenoxy) is 2. The van der Waals surface area contributed by atoms with Crippen LogP contribution in [-0.2, 0) is 14.8 Å². The number of benzene rings is 1. The molecule has 0 aromatic heterocycles. The maximum atomic E-state index is 12.8. The highest BCUT2D eigenvalue weighted by atomic mass is 32.2. The Morgan fingerprint density at radius 3 is 2.54 bits per heavy atom. The Labute approximate surface area is 155 Å². The number of hydrogen-bond donors (Lipinski definition) is 1. The second kappa shape index (κ2) is 8.83. The summed E-state index contributed by atoms with van der Waals surface area (Å²) >= 11 is 0.